The van der Waals surface area contributed by atoms with Crippen molar-refractivity contribution in [2.24, 2.45) is 0 Å². The fraction of sp³-hybridized carbons (Fsp3) is 0.500. The van der Waals surface area contributed by atoms with Crippen molar-refractivity contribution >= 4 is 11.0 Å². The molecule has 3 rings (SSSR count). The van der Waals surface area contributed by atoms with E-state index in [0.29, 0.717) is 12.8 Å². The summed E-state index contributed by atoms with van der Waals surface area (Å²) in [6.07, 6.45) is 2.11. The van der Waals surface area contributed by atoms with Gasteiger partial charge in [0, 0.05) is 23.1 Å². The smallest absolute Gasteiger partial charge is 0.231 e. The molecular formula is C16H21NO3. The molecule has 0 fully saturated rings. The monoisotopic (exact) mass is 275 g/mol. The topological polar surface area (TPSA) is 43.6 Å². The van der Waals surface area contributed by atoms with Crippen molar-refractivity contribution in [1.29, 1.82) is 0 Å². The Balaban J connectivity index is 2.03. The first-order valence-corrected chi connectivity index (χ1v) is 7.26. The number of ether oxygens (including phenoxy) is 2. The Morgan fingerprint density at radius 2 is 1.95 bits per heavy atom. The summed E-state index contributed by atoms with van der Waals surface area (Å²) in [5.74, 6) is 2.62. The van der Waals surface area contributed by atoms with Gasteiger partial charge in [-0.2, -0.15) is 0 Å². The Labute approximate surface area is 119 Å². The molecule has 0 unspecified atom stereocenters. The second-order valence-electron chi connectivity index (χ2n) is 5.49. The van der Waals surface area contributed by atoms with Crippen LogP contribution in [0.4, 0.5) is 0 Å². The van der Waals surface area contributed by atoms with Gasteiger partial charge >= 0.3 is 0 Å². The van der Waals surface area contributed by atoms with Crippen LogP contribution >= 0.6 is 0 Å². The van der Waals surface area contributed by atoms with E-state index >= 15 is 0 Å². The third kappa shape index (κ3) is 2.36. The molecule has 0 spiro atoms. The van der Waals surface area contributed by atoms with E-state index in [2.05, 4.69) is 26.1 Å². The molecule has 1 aliphatic heterocycles. The molecular weight excluding hydrogens is 254 g/mol. The number of hydrogen-bond acceptors (Lipinski definition) is 4. The molecule has 2 heterocycles. The number of benzene rings is 1. The summed E-state index contributed by atoms with van der Waals surface area (Å²) in [6, 6.07) is 4.43. The first-order valence-electron chi connectivity index (χ1n) is 7.26. The van der Waals surface area contributed by atoms with Gasteiger partial charge in [0.2, 0.25) is 6.79 Å². The Kier molecular flexibility index (Phi) is 3.57. The lowest BCUT2D eigenvalue weighted by Gasteiger charge is -2.07. The molecule has 4 heteroatoms. The molecule has 1 N–H and O–H groups in total. The van der Waals surface area contributed by atoms with Crippen LogP contribution in [0, 0.1) is 0 Å². The summed E-state index contributed by atoms with van der Waals surface area (Å²) < 4.78 is 16.9. The SMILES string of the molecule is CCCc1c(CNC(C)C)oc2cc3c(cc12)OCO3. The minimum absolute atomic E-state index is 0.298. The van der Waals surface area contributed by atoms with Crippen molar-refractivity contribution in [2.75, 3.05) is 6.79 Å². The predicted molar refractivity (Wildman–Crippen MR) is 78.3 cm³/mol. The van der Waals surface area contributed by atoms with Crippen LogP contribution in [-0.2, 0) is 13.0 Å². The average molecular weight is 275 g/mol. The van der Waals surface area contributed by atoms with Crippen LogP contribution in [0.5, 0.6) is 11.5 Å². The van der Waals surface area contributed by atoms with E-state index in [9.17, 15) is 0 Å². The van der Waals surface area contributed by atoms with E-state index in [1.54, 1.807) is 0 Å². The summed E-state index contributed by atoms with van der Waals surface area (Å²) in [5, 5.41) is 4.57. The van der Waals surface area contributed by atoms with Crippen molar-refractivity contribution in [3.05, 3.63) is 23.5 Å². The highest BCUT2D eigenvalue weighted by Gasteiger charge is 2.20. The van der Waals surface area contributed by atoms with Crippen molar-refractivity contribution in [1.82, 2.24) is 5.32 Å². The van der Waals surface area contributed by atoms with E-state index in [1.165, 1.54) is 5.56 Å². The summed E-state index contributed by atoms with van der Waals surface area (Å²) in [5.41, 5.74) is 2.17. The van der Waals surface area contributed by atoms with E-state index in [4.69, 9.17) is 13.9 Å². The van der Waals surface area contributed by atoms with E-state index in [-0.39, 0.29) is 0 Å². The third-order valence-corrected chi connectivity index (χ3v) is 3.54. The van der Waals surface area contributed by atoms with Gasteiger partial charge in [-0.15, -0.1) is 0 Å². The molecule has 0 saturated carbocycles. The van der Waals surface area contributed by atoms with Crippen LogP contribution < -0.4 is 14.8 Å². The van der Waals surface area contributed by atoms with E-state index < -0.39 is 0 Å². The molecule has 0 aliphatic carbocycles. The van der Waals surface area contributed by atoms with Crippen LogP contribution in [0.3, 0.4) is 0 Å². The molecule has 108 valence electrons. The Bertz CT molecular complexity index is 616. The summed E-state index contributed by atoms with van der Waals surface area (Å²) >= 11 is 0. The predicted octanol–water partition coefficient (Wildman–Crippen LogP) is 3.61. The first-order chi connectivity index (χ1) is 9.69. The highest BCUT2D eigenvalue weighted by molar-refractivity contribution is 5.86. The fourth-order valence-corrected chi connectivity index (χ4v) is 2.55. The normalized spacial score (nSPS) is 13.6. The molecule has 0 saturated heterocycles. The van der Waals surface area contributed by atoms with Crippen molar-refractivity contribution in [2.45, 2.75) is 46.2 Å². The number of furan rings is 1. The lowest BCUT2D eigenvalue weighted by molar-refractivity contribution is 0.174. The summed E-state index contributed by atoms with van der Waals surface area (Å²) in [6.45, 7) is 7.52. The highest BCUT2D eigenvalue weighted by atomic mass is 16.7. The molecule has 1 aliphatic rings. The van der Waals surface area contributed by atoms with E-state index in [1.807, 2.05) is 12.1 Å². The van der Waals surface area contributed by atoms with Crippen LogP contribution in [0.25, 0.3) is 11.0 Å². The minimum atomic E-state index is 0.298. The van der Waals surface area contributed by atoms with Crippen LogP contribution in [0.2, 0.25) is 0 Å². The van der Waals surface area contributed by atoms with Crippen LogP contribution in [0.15, 0.2) is 16.5 Å². The molecule has 0 atom stereocenters. The number of hydrogen-bond donors (Lipinski definition) is 1. The molecule has 1 aromatic carbocycles. The lowest BCUT2D eigenvalue weighted by Crippen LogP contribution is -2.22. The lowest BCUT2D eigenvalue weighted by atomic mass is 10.1. The van der Waals surface area contributed by atoms with Crippen molar-refractivity contribution in [3.8, 4) is 11.5 Å². The Hall–Kier alpha value is -1.68. The molecule has 0 bridgehead atoms. The zero-order chi connectivity index (χ0) is 14.1. The largest absolute Gasteiger partial charge is 0.459 e. The maximum absolute atomic E-state index is 6.03. The van der Waals surface area contributed by atoms with Gasteiger partial charge in [0.1, 0.15) is 11.3 Å². The number of rotatable bonds is 5. The standard InChI is InChI=1S/C16H21NO3/c1-4-5-11-12-6-14-15(19-9-18-14)7-13(12)20-16(11)8-17-10(2)3/h6-7,10,17H,4-5,8-9H2,1-3H3. The van der Waals surface area contributed by atoms with Crippen molar-refractivity contribution < 1.29 is 13.9 Å². The fourth-order valence-electron chi connectivity index (χ4n) is 2.55. The Morgan fingerprint density at radius 1 is 1.20 bits per heavy atom. The van der Waals surface area contributed by atoms with Gasteiger partial charge in [0.05, 0.1) is 6.54 Å². The summed E-state index contributed by atoms with van der Waals surface area (Å²) in [4.78, 5) is 0. The summed E-state index contributed by atoms with van der Waals surface area (Å²) in [7, 11) is 0. The average Bonchev–Trinajstić information content (AvgIpc) is 2.99. The quantitative estimate of drug-likeness (QED) is 0.905. The van der Waals surface area contributed by atoms with Crippen LogP contribution in [0.1, 0.15) is 38.5 Å². The highest BCUT2D eigenvalue weighted by Crippen LogP contribution is 2.39. The molecule has 20 heavy (non-hydrogen) atoms. The van der Waals surface area contributed by atoms with E-state index in [0.717, 1.165) is 47.6 Å². The molecule has 2 aromatic rings. The molecule has 1 aromatic heterocycles. The number of aryl methyl sites for hydroxylation is 1. The van der Waals surface area contributed by atoms with Gasteiger partial charge in [0.15, 0.2) is 11.5 Å². The van der Waals surface area contributed by atoms with Crippen LogP contribution in [-0.4, -0.2) is 12.8 Å². The van der Waals surface area contributed by atoms with Gasteiger partial charge in [-0.05, 0) is 12.5 Å². The maximum Gasteiger partial charge on any atom is 0.231 e. The second kappa shape index (κ2) is 5.37. The molecule has 0 radical (unpaired) electrons. The maximum atomic E-state index is 6.03. The number of nitrogens with one attached hydrogen (secondary N) is 1. The zero-order valence-electron chi connectivity index (χ0n) is 12.3. The molecule has 4 nitrogen and oxygen atoms in total. The van der Waals surface area contributed by atoms with Gasteiger partial charge in [-0.3, -0.25) is 0 Å². The molecule has 0 amide bonds. The Morgan fingerprint density at radius 3 is 2.65 bits per heavy atom. The third-order valence-electron chi connectivity index (χ3n) is 3.54. The second-order valence-corrected chi connectivity index (χ2v) is 5.49. The zero-order valence-corrected chi connectivity index (χ0v) is 12.3. The van der Waals surface area contributed by atoms with Gasteiger partial charge in [0.25, 0.3) is 0 Å². The van der Waals surface area contributed by atoms with Gasteiger partial charge in [-0.25, -0.2) is 0 Å². The number of fused-ring (bicyclic) bond motifs is 2. The van der Waals surface area contributed by atoms with Gasteiger partial charge in [-0.1, -0.05) is 27.2 Å². The van der Waals surface area contributed by atoms with Gasteiger partial charge < -0.3 is 19.2 Å². The first kappa shape index (κ1) is 13.3. The van der Waals surface area contributed by atoms with Crippen molar-refractivity contribution in [3.63, 3.8) is 0 Å². The minimum Gasteiger partial charge on any atom is -0.459 e.